The van der Waals surface area contributed by atoms with Crippen molar-refractivity contribution in [2.75, 3.05) is 31.6 Å². The predicted octanol–water partition coefficient (Wildman–Crippen LogP) is 4.32. The third kappa shape index (κ3) is 5.58. The Balaban J connectivity index is 1.45. The van der Waals surface area contributed by atoms with E-state index in [4.69, 9.17) is 4.42 Å². The lowest BCUT2D eigenvalue weighted by molar-refractivity contribution is 0.0316. The van der Waals surface area contributed by atoms with Crippen molar-refractivity contribution >= 4 is 22.8 Å². The normalized spacial score (nSPS) is 18.2. The second kappa shape index (κ2) is 10.5. The van der Waals surface area contributed by atoms with Crippen LogP contribution < -0.4 is 10.2 Å². The van der Waals surface area contributed by atoms with Gasteiger partial charge in [-0.25, -0.2) is 13.8 Å². The fraction of sp³-hybridized carbons (Fsp3) is 0.520. The lowest BCUT2D eigenvalue weighted by Crippen LogP contribution is -2.54. The third-order valence-electron chi connectivity index (χ3n) is 6.54. The average Bonchev–Trinajstić information content (AvgIpc) is 3.45. The smallest absolute Gasteiger partial charge is 0.298 e. The fourth-order valence-corrected chi connectivity index (χ4v) is 4.44. The molecule has 2 unspecified atom stereocenters. The molecule has 0 aliphatic carbocycles. The number of likely N-dealkylation sites (N-methyl/N-ethyl adjacent to an activating group) is 1. The largest absolute Gasteiger partial charge is 0.418 e. The first-order valence-corrected chi connectivity index (χ1v) is 11.9. The van der Waals surface area contributed by atoms with Gasteiger partial charge < -0.3 is 19.6 Å². The number of piperazine rings is 1. The molecule has 1 saturated heterocycles. The number of nitrogens with zero attached hydrogens (tertiary/aromatic N) is 3. The highest BCUT2D eigenvalue weighted by atomic mass is 19.3. The number of fused-ring (bicyclic) bond motifs is 1. The number of carbonyl (C=O) groups excluding carboxylic acids is 1. The molecule has 1 amide bonds. The van der Waals surface area contributed by atoms with E-state index < -0.39 is 12.5 Å². The molecule has 7 nitrogen and oxygen atoms in total. The Labute approximate surface area is 198 Å². The van der Waals surface area contributed by atoms with Crippen LogP contribution in [0.3, 0.4) is 0 Å². The maximum absolute atomic E-state index is 13.3. The molecule has 34 heavy (non-hydrogen) atoms. The Hall–Kier alpha value is -2.94. The van der Waals surface area contributed by atoms with Gasteiger partial charge in [-0.3, -0.25) is 9.69 Å². The van der Waals surface area contributed by atoms with Crippen LogP contribution in [0, 0.1) is 5.92 Å². The van der Waals surface area contributed by atoms with E-state index in [0.717, 1.165) is 29.3 Å². The summed E-state index contributed by atoms with van der Waals surface area (Å²) in [4.78, 5) is 23.8. The predicted molar refractivity (Wildman–Crippen MR) is 128 cm³/mol. The van der Waals surface area contributed by atoms with Gasteiger partial charge in [-0.2, -0.15) is 0 Å². The molecule has 0 spiro atoms. The second-order valence-corrected chi connectivity index (χ2v) is 9.54. The van der Waals surface area contributed by atoms with Gasteiger partial charge >= 0.3 is 0 Å². The molecule has 0 radical (unpaired) electrons. The minimum Gasteiger partial charge on any atom is -0.418 e. The van der Waals surface area contributed by atoms with Crippen LogP contribution in [0.1, 0.15) is 42.8 Å². The number of carbonyl (C=O) groups is 1. The number of H-pyrrole nitrogens is 1. The van der Waals surface area contributed by atoms with Crippen molar-refractivity contribution in [3.8, 4) is 0 Å². The summed E-state index contributed by atoms with van der Waals surface area (Å²) in [5.41, 5.74) is 2.22. The molecule has 3 aromatic rings. The summed E-state index contributed by atoms with van der Waals surface area (Å²) < 4.78 is 32.4. The number of hydrogen-bond acceptors (Lipinski definition) is 5. The van der Waals surface area contributed by atoms with E-state index in [1.807, 2.05) is 24.4 Å². The number of aromatic nitrogens is 2. The van der Waals surface area contributed by atoms with Crippen LogP contribution in [0.15, 0.2) is 41.1 Å². The fourth-order valence-electron chi connectivity index (χ4n) is 4.44. The SMILES string of the molecule is CC(C)CCC(Cc1c[nH]c2ccccc12)NC(=O)c1cnc(N2CCN(C)C(C(F)F)C2)o1. The second-order valence-electron chi connectivity index (χ2n) is 9.54. The topological polar surface area (TPSA) is 77.4 Å². The molecule has 2 atom stereocenters. The molecule has 3 heterocycles. The molecule has 9 heteroatoms. The average molecular weight is 474 g/mol. The summed E-state index contributed by atoms with van der Waals surface area (Å²) in [7, 11) is 1.69. The van der Waals surface area contributed by atoms with Gasteiger partial charge in [-0.05, 0) is 43.9 Å². The van der Waals surface area contributed by atoms with E-state index in [0.29, 0.717) is 25.4 Å². The Morgan fingerprint density at radius 1 is 1.26 bits per heavy atom. The first-order chi connectivity index (χ1) is 16.3. The van der Waals surface area contributed by atoms with Crippen molar-refractivity contribution in [3.63, 3.8) is 0 Å². The number of aromatic amines is 1. The molecule has 1 aliphatic heterocycles. The van der Waals surface area contributed by atoms with Crippen LogP contribution in [0.2, 0.25) is 0 Å². The molecule has 0 bridgehead atoms. The number of alkyl halides is 2. The van der Waals surface area contributed by atoms with E-state index in [9.17, 15) is 13.6 Å². The molecular formula is C25H33F2N5O2. The number of para-hydroxylation sites is 1. The van der Waals surface area contributed by atoms with E-state index in [2.05, 4.69) is 35.2 Å². The Bertz CT molecular complexity index is 1100. The van der Waals surface area contributed by atoms with Gasteiger partial charge in [0.25, 0.3) is 18.3 Å². The van der Waals surface area contributed by atoms with Gasteiger partial charge in [0.15, 0.2) is 0 Å². The van der Waals surface area contributed by atoms with Crippen molar-refractivity contribution < 1.29 is 18.0 Å². The van der Waals surface area contributed by atoms with Crippen molar-refractivity contribution in [3.05, 3.63) is 48.0 Å². The molecule has 0 saturated carbocycles. The minimum absolute atomic E-state index is 0.0745. The van der Waals surface area contributed by atoms with Crippen LogP contribution in [0.25, 0.3) is 10.9 Å². The van der Waals surface area contributed by atoms with Gasteiger partial charge in [-0.1, -0.05) is 32.0 Å². The molecule has 1 fully saturated rings. The molecule has 2 N–H and O–H groups in total. The highest BCUT2D eigenvalue weighted by molar-refractivity contribution is 5.91. The molecule has 4 rings (SSSR count). The van der Waals surface area contributed by atoms with E-state index in [1.54, 1.807) is 16.8 Å². The summed E-state index contributed by atoms with van der Waals surface area (Å²) in [6, 6.07) is 7.35. The standard InChI is InChI=1S/C25H33F2N5O2/c1-16(2)8-9-18(12-17-13-28-20-7-5-4-6-19(17)20)30-24(33)22-14-29-25(34-22)32-11-10-31(3)21(15-32)23(26)27/h4-7,13-14,16,18,21,23,28H,8-12,15H2,1-3H3,(H,30,33). The zero-order chi connectivity index (χ0) is 24.2. The van der Waals surface area contributed by atoms with Gasteiger partial charge in [-0.15, -0.1) is 0 Å². The van der Waals surface area contributed by atoms with Gasteiger partial charge in [0, 0.05) is 42.8 Å². The molecular weight excluding hydrogens is 440 g/mol. The van der Waals surface area contributed by atoms with Crippen LogP contribution in [-0.4, -0.2) is 66.0 Å². The summed E-state index contributed by atoms with van der Waals surface area (Å²) in [5.74, 6) is 0.266. The zero-order valence-corrected chi connectivity index (χ0v) is 19.9. The first-order valence-electron chi connectivity index (χ1n) is 11.9. The monoisotopic (exact) mass is 473 g/mol. The zero-order valence-electron chi connectivity index (χ0n) is 19.9. The number of halogens is 2. The van der Waals surface area contributed by atoms with Crippen LogP contribution in [0.5, 0.6) is 0 Å². The van der Waals surface area contributed by atoms with Crippen LogP contribution in [-0.2, 0) is 6.42 Å². The Kier molecular flexibility index (Phi) is 7.50. The lowest BCUT2D eigenvalue weighted by Gasteiger charge is -2.38. The van der Waals surface area contributed by atoms with Crippen molar-refractivity contribution in [1.82, 2.24) is 20.2 Å². The number of oxazole rings is 1. The lowest BCUT2D eigenvalue weighted by atomic mass is 9.97. The van der Waals surface area contributed by atoms with Gasteiger partial charge in [0.05, 0.1) is 12.2 Å². The summed E-state index contributed by atoms with van der Waals surface area (Å²) in [5, 5.41) is 4.26. The Morgan fingerprint density at radius 2 is 2.06 bits per heavy atom. The third-order valence-corrected chi connectivity index (χ3v) is 6.54. The quantitative estimate of drug-likeness (QED) is 0.484. The van der Waals surface area contributed by atoms with Gasteiger partial charge in [0.2, 0.25) is 5.76 Å². The number of amides is 1. The van der Waals surface area contributed by atoms with Crippen molar-refractivity contribution in [2.45, 2.75) is 51.6 Å². The first kappa shape index (κ1) is 24.2. The van der Waals surface area contributed by atoms with E-state index in [-0.39, 0.29) is 30.3 Å². The van der Waals surface area contributed by atoms with Gasteiger partial charge in [0.1, 0.15) is 0 Å². The van der Waals surface area contributed by atoms with E-state index in [1.165, 1.54) is 6.20 Å². The number of anilines is 1. The molecule has 184 valence electrons. The van der Waals surface area contributed by atoms with Crippen molar-refractivity contribution in [1.29, 1.82) is 0 Å². The number of nitrogens with one attached hydrogen (secondary N) is 2. The number of benzene rings is 1. The summed E-state index contributed by atoms with van der Waals surface area (Å²) in [6.45, 7) is 5.42. The van der Waals surface area contributed by atoms with Crippen LogP contribution >= 0.6 is 0 Å². The Morgan fingerprint density at radius 3 is 2.82 bits per heavy atom. The van der Waals surface area contributed by atoms with Crippen molar-refractivity contribution in [2.24, 2.45) is 5.92 Å². The highest BCUT2D eigenvalue weighted by Gasteiger charge is 2.33. The minimum atomic E-state index is -2.46. The molecule has 1 aliphatic rings. The van der Waals surface area contributed by atoms with Crippen LogP contribution in [0.4, 0.5) is 14.8 Å². The summed E-state index contributed by atoms with van der Waals surface area (Å²) >= 11 is 0. The number of rotatable bonds is 9. The maximum Gasteiger partial charge on any atom is 0.298 e. The maximum atomic E-state index is 13.3. The number of hydrogen-bond donors (Lipinski definition) is 2. The molecule has 1 aromatic carbocycles. The summed E-state index contributed by atoms with van der Waals surface area (Å²) in [6.07, 6.45) is 3.42. The molecule has 2 aromatic heterocycles. The van der Waals surface area contributed by atoms with E-state index >= 15 is 0 Å². The highest BCUT2D eigenvalue weighted by Crippen LogP contribution is 2.23.